The third kappa shape index (κ3) is 2.49. The van der Waals surface area contributed by atoms with Crippen LogP contribution in [0.2, 0.25) is 0 Å². The molecule has 2 aromatic rings. The van der Waals surface area contributed by atoms with Crippen molar-refractivity contribution in [3.05, 3.63) is 36.0 Å². The lowest BCUT2D eigenvalue weighted by Gasteiger charge is -2.33. The van der Waals surface area contributed by atoms with Crippen LogP contribution in [0.3, 0.4) is 0 Å². The number of H-pyrrole nitrogens is 1. The summed E-state index contributed by atoms with van der Waals surface area (Å²) in [5, 5.41) is 13.5. The molecule has 0 saturated heterocycles. The van der Waals surface area contributed by atoms with Crippen LogP contribution in [0.15, 0.2) is 30.5 Å². The predicted octanol–water partition coefficient (Wildman–Crippen LogP) is 2.16. The summed E-state index contributed by atoms with van der Waals surface area (Å²) in [6, 6.07) is 8.67. The Hall–Kier alpha value is -1.81. The summed E-state index contributed by atoms with van der Waals surface area (Å²) in [7, 11) is 0. The number of carboxylic acid groups (broad SMARTS) is 1. The van der Waals surface area contributed by atoms with Crippen LogP contribution in [-0.4, -0.2) is 28.6 Å². The molecule has 0 radical (unpaired) electrons. The van der Waals surface area contributed by atoms with E-state index in [9.17, 15) is 4.79 Å². The number of nitrogens with one attached hydrogen (secondary N) is 2. The third-order valence-electron chi connectivity index (χ3n) is 3.99. The Morgan fingerprint density at radius 2 is 2.16 bits per heavy atom. The van der Waals surface area contributed by atoms with Gasteiger partial charge in [-0.15, -0.1) is 0 Å². The highest BCUT2D eigenvalue weighted by Crippen LogP contribution is 2.27. The van der Waals surface area contributed by atoms with Crippen LogP contribution in [-0.2, 0) is 11.2 Å². The summed E-state index contributed by atoms with van der Waals surface area (Å²) in [4.78, 5) is 14.0. The smallest absolute Gasteiger partial charge is 0.306 e. The maximum absolute atomic E-state index is 10.7. The van der Waals surface area contributed by atoms with Crippen molar-refractivity contribution in [3.8, 4) is 0 Å². The first-order chi connectivity index (χ1) is 9.24. The maximum Gasteiger partial charge on any atom is 0.306 e. The molecular weight excluding hydrogens is 240 g/mol. The van der Waals surface area contributed by atoms with Gasteiger partial charge in [0.2, 0.25) is 0 Å². The van der Waals surface area contributed by atoms with E-state index >= 15 is 0 Å². The van der Waals surface area contributed by atoms with E-state index in [0.29, 0.717) is 6.04 Å². The van der Waals surface area contributed by atoms with Gasteiger partial charge in [-0.1, -0.05) is 18.2 Å². The number of aromatic amines is 1. The van der Waals surface area contributed by atoms with Gasteiger partial charge in [-0.3, -0.25) is 4.79 Å². The van der Waals surface area contributed by atoms with Gasteiger partial charge in [-0.2, -0.15) is 0 Å². The number of aromatic nitrogens is 1. The zero-order valence-corrected chi connectivity index (χ0v) is 10.7. The summed E-state index contributed by atoms with van der Waals surface area (Å²) in [5.74, 6) is -0.791. The van der Waals surface area contributed by atoms with Crippen molar-refractivity contribution in [2.24, 2.45) is 5.92 Å². The summed E-state index contributed by atoms with van der Waals surface area (Å²) in [6.45, 7) is 0.902. The molecule has 0 amide bonds. The van der Waals surface area contributed by atoms with E-state index in [0.717, 1.165) is 25.8 Å². The Morgan fingerprint density at radius 3 is 2.95 bits per heavy atom. The van der Waals surface area contributed by atoms with E-state index in [-0.39, 0.29) is 5.92 Å². The first-order valence-electron chi connectivity index (χ1n) is 6.75. The fourth-order valence-electron chi connectivity index (χ4n) is 2.74. The zero-order valence-electron chi connectivity index (χ0n) is 10.7. The van der Waals surface area contributed by atoms with Crippen LogP contribution in [0.4, 0.5) is 0 Å². The summed E-state index contributed by atoms with van der Waals surface area (Å²) >= 11 is 0. The van der Waals surface area contributed by atoms with Crippen LogP contribution in [0.5, 0.6) is 0 Å². The highest BCUT2D eigenvalue weighted by atomic mass is 16.4. The first-order valence-corrected chi connectivity index (χ1v) is 6.75. The number of fused-ring (bicyclic) bond motifs is 1. The molecular formula is C15H18N2O2. The van der Waals surface area contributed by atoms with E-state index in [1.165, 1.54) is 16.5 Å². The average Bonchev–Trinajstić information content (AvgIpc) is 2.75. The van der Waals surface area contributed by atoms with E-state index in [2.05, 4.69) is 34.7 Å². The Kier molecular flexibility index (Phi) is 3.25. The molecule has 19 heavy (non-hydrogen) atoms. The van der Waals surface area contributed by atoms with Crippen LogP contribution >= 0.6 is 0 Å². The number of hydrogen-bond donors (Lipinski definition) is 3. The number of rotatable bonds is 5. The number of benzene rings is 1. The second kappa shape index (κ2) is 5.05. The number of aliphatic carboxylic acids is 1. The van der Waals surface area contributed by atoms with Gasteiger partial charge < -0.3 is 15.4 Å². The van der Waals surface area contributed by atoms with Gasteiger partial charge >= 0.3 is 5.97 Å². The van der Waals surface area contributed by atoms with Gasteiger partial charge in [0.05, 0.1) is 5.92 Å². The van der Waals surface area contributed by atoms with E-state index in [1.54, 1.807) is 0 Å². The van der Waals surface area contributed by atoms with Crippen molar-refractivity contribution in [1.29, 1.82) is 0 Å². The highest BCUT2D eigenvalue weighted by molar-refractivity contribution is 5.83. The fourth-order valence-corrected chi connectivity index (χ4v) is 2.74. The minimum absolute atomic E-state index is 0.134. The van der Waals surface area contributed by atoms with Gasteiger partial charge in [0.15, 0.2) is 0 Å². The normalized spacial score (nSPS) is 22.3. The fraction of sp³-hybridized carbons (Fsp3) is 0.400. The lowest BCUT2D eigenvalue weighted by atomic mass is 9.80. The van der Waals surface area contributed by atoms with Crippen molar-refractivity contribution < 1.29 is 9.90 Å². The number of hydrogen-bond acceptors (Lipinski definition) is 2. The summed E-state index contributed by atoms with van der Waals surface area (Å²) < 4.78 is 0. The Balaban J connectivity index is 1.50. The number of carbonyl (C=O) groups is 1. The van der Waals surface area contributed by atoms with Crippen molar-refractivity contribution in [3.63, 3.8) is 0 Å². The van der Waals surface area contributed by atoms with Crippen LogP contribution in [0.1, 0.15) is 18.4 Å². The monoisotopic (exact) mass is 258 g/mol. The molecule has 0 aliphatic heterocycles. The number of para-hydroxylation sites is 1. The molecule has 0 unspecified atom stereocenters. The molecule has 4 heteroatoms. The largest absolute Gasteiger partial charge is 0.481 e. The molecule has 1 aliphatic carbocycles. The molecule has 0 atom stereocenters. The van der Waals surface area contributed by atoms with Gasteiger partial charge in [0, 0.05) is 23.1 Å². The quantitative estimate of drug-likeness (QED) is 0.770. The molecule has 3 N–H and O–H groups in total. The molecule has 0 bridgehead atoms. The second-order valence-electron chi connectivity index (χ2n) is 5.27. The van der Waals surface area contributed by atoms with E-state index < -0.39 is 5.97 Å². The molecule has 1 fully saturated rings. The van der Waals surface area contributed by atoms with Gasteiger partial charge in [-0.05, 0) is 37.4 Å². The van der Waals surface area contributed by atoms with Crippen molar-refractivity contribution in [1.82, 2.24) is 10.3 Å². The molecule has 1 aromatic carbocycles. The molecule has 1 saturated carbocycles. The van der Waals surface area contributed by atoms with Crippen LogP contribution < -0.4 is 5.32 Å². The third-order valence-corrected chi connectivity index (χ3v) is 3.99. The van der Waals surface area contributed by atoms with Crippen LogP contribution in [0, 0.1) is 5.92 Å². The summed E-state index contributed by atoms with van der Waals surface area (Å²) in [5.41, 5.74) is 2.49. The van der Waals surface area contributed by atoms with Crippen molar-refractivity contribution in [2.75, 3.05) is 6.54 Å². The highest BCUT2D eigenvalue weighted by Gasteiger charge is 2.33. The average molecular weight is 258 g/mol. The second-order valence-corrected chi connectivity index (χ2v) is 5.27. The van der Waals surface area contributed by atoms with E-state index in [1.807, 2.05) is 6.07 Å². The SMILES string of the molecule is O=C(O)C1CC(NCCc2c[nH]c3ccccc23)C1. The maximum atomic E-state index is 10.7. The minimum Gasteiger partial charge on any atom is -0.481 e. The minimum atomic E-state index is -0.658. The Labute approximate surface area is 111 Å². The van der Waals surface area contributed by atoms with Crippen molar-refractivity contribution in [2.45, 2.75) is 25.3 Å². The zero-order chi connectivity index (χ0) is 13.2. The number of carboxylic acids is 1. The van der Waals surface area contributed by atoms with Crippen molar-refractivity contribution >= 4 is 16.9 Å². The lowest BCUT2D eigenvalue weighted by Crippen LogP contribution is -2.44. The topological polar surface area (TPSA) is 65.1 Å². The first kappa shape index (κ1) is 12.2. The Morgan fingerprint density at radius 1 is 1.37 bits per heavy atom. The predicted molar refractivity (Wildman–Crippen MR) is 74.2 cm³/mol. The molecule has 0 spiro atoms. The molecule has 4 nitrogen and oxygen atoms in total. The van der Waals surface area contributed by atoms with Gasteiger partial charge in [-0.25, -0.2) is 0 Å². The van der Waals surface area contributed by atoms with E-state index in [4.69, 9.17) is 5.11 Å². The molecule has 1 aromatic heterocycles. The standard InChI is InChI=1S/C15H18N2O2/c18-15(19)11-7-12(8-11)16-6-5-10-9-17-14-4-2-1-3-13(10)14/h1-4,9,11-12,16-17H,5-8H2,(H,18,19). The lowest BCUT2D eigenvalue weighted by molar-refractivity contribution is -0.145. The van der Waals surface area contributed by atoms with Crippen LogP contribution in [0.25, 0.3) is 10.9 Å². The molecule has 1 aliphatic rings. The Bertz CT molecular complexity index is 585. The summed E-state index contributed by atoms with van der Waals surface area (Å²) in [6.07, 6.45) is 4.57. The molecule has 100 valence electrons. The van der Waals surface area contributed by atoms with Gasteiger partial charge in [0.1, 0.15) is 0 Å². The molecule has 3 rings (SSSR count). The van der Waals surface area contributed by atoms with Gasteiger partial charge in [0.25, 0.3) is 0 Å². The molecule has 1 heterocycles.